The Morgan fingerprint density at radius 3 is 2.74 bits per heavy atom. The molecule has 0 spiro atoms. The highest BCUT2D eigenvalue weighted by Gasteiger charge is 2.35. The Bertz CT molecular complexity index is 1420. The summed E-state index contributed by atoms with van der Waals surface area (Å²) in [4.78, 5) is 24.4. The van der Waals surface area contributed by atoms with Crippen molar-refractivity contribution >= 4 is 22.7 Å². The number of aromatic amines is 1. The van der Waals surface area contributed by atoms with E-state index in [1.54, 1.807) is 10.7 Å². The molecule has 2 aliphatic heterocycles. The van der Waals surface area contributed by atoms with Crippen LogP contribution in [0.1, 0.15) is 40.9 Å². The average molecular weight is 456 g/mol. The van der Waals surface area contributed by atoms with Gasteiger partial charge in [0.15, 0.2) is 0 Å². The number of hydrogen-bond acceptors (Lipinski definition) is 7. The van der Waals surface area contributed by atoms with Gasteiger partial charge in [0.05, 0.1) is 35.8 Å². The molecule has 2 aromatic carbocycles. The summed E-state index contributed by atoms with van der Waals surface area (Å²) < 4.78 is 1.70. The van der Waals surface area contributed by atoms with E-state index in [9.17, 15) is 9.90 Å². The number of likely N-dealkylation sites (tertiary alicyclic amines) is 1. The van der Waals surface area contributed by atoms with Crippen LogP contribution in [0.5, 0.6) is 0 Å². The number of nitrogens with zero attached hydrogens (tertiary/aromatic N) is 6. The molecule has 2 N–H and O–H groups in total. The van der Waals surface area contributed by atoms with Crippen molar-refractivity contribution in [3.05, 3.63) is 81.8 Å². The molecule has 9 heteroatoms. The number of aromatic nitrogens is 5. The summed E-state index contributed by atoms with van der Waals surface area (Å²) >= 11 is 0. The largest absolute Gasteiger partial charge is 0.394 e. The van der Waals surface area contributed by atoms with Crippen molar-refractivity contribution in [1.82, 2.24) is 29.9 Å². The zero-order valence-corrected chi connectivity index (χ0v) is 18.6. The molecule has 0 saturated carbocycles. The first-order valence-electron chi connectivity index (χ1n) is 11.6. The molecule has 2 aliphatic rings. The van der Waals surface area contributed by atoms with Crippen LogP contribution in [0.3, 0.4) is 0 Å². The second-order valence-corrected chi connectivity index (χ2v) is 8.86. The van der Waals surface area contributed by atoms with Gasteiger partial charge in [0, 0.05) is 24.1 Å². The van der Waals surface area contributed by atoms with Crippen molar-refractivity contribution in [3.8, 4) is 0 Å². The Hall–Kier alpha value is -3.69. The third kappa shape index (κ3) is 3.53. The Morgan fingerprint density at radius 1 is 1.12 bits per heavy atom. The van der Waals surface area contributed by atoms with Crippen LogP contribution in [0.15, 0.2) is 58.6 Å². The first-order valence-corrected chi connectivity index (χ1v) is 11.6. The van der Waals surface area contributed by atoms with E-state index in [4.69, 9.17) is 4.99 Å². The molecule has 4 aromatic rings. The molecule has 1 fully saturated rings. The lowest BCUT2D eigenvalue weighted by atomic mass is 9.82. The number of H-pyrrole nitrogens is 1. The molecule has 34 heavy (non-hydrogen) atoms. The zero-order chi connectivity index (χ0) is 23.1. The van der Waals surface area contributed by atoms with Crippen LogP contribution >= 0.6 is 0 Å². The van der Waals surface area contributed by atoms with Crippen molar-refractivity contribution in [2.24, 2.45) is 4.99 Å². The minimum absolute atomic E-state index is 0.0575. The van der Waals surface area contributed by atoms with Crippen molar-refractivity contribution < 1.29 is 5.11 Å². The molecule has 2 aromatic heterocycles. The zero-order valence-electron chi connectivity index (χ0n) is 18.6. The van der Waals surface area contributed by atoms with E-state index in [2.05, 4.69) is 49.4 Å². The van der Waals surface area contributed by atoms with Crippen molar-refractivity contribution in [3.63, 3.8) is 0 Å². The molecule has 2 atom stereocenters. The van der Waals surface area contributed by atoms with E-state index in [0.717, 1.165) is 30.6 Å². The number of aliphatic imine (C=N–C) groups is 1. The van der Waals surface area contributed by atoms with Crippen LogP contribution in [0.2, 0.25) is 0 Å². The van der Waals surface area contributed by atoms with Crippen molar-refractivity contribution in [2.75, 3.05) is 19.7 Å². The number of aliphatic hydroxyl groups is 1. The summed E-state index contributed by atoms with van der Waals surface area (Å²) in [5.41, 5.74) is 3.52. The molecule has 6 rings (SSSR count). The Kier molecular flexibility index (Phi) is 5.27. The molecule has 0 bridgehead atoms. The lowest BCUT2D eigenvalue weighted by Crippen LogP contribution is -2.36. The molecule has 1 saturated heterocycles. The molecular weight excluding hydrogens is 430 g/mol. The molecular formula is C25H25N7O2. The SMILES string of the molecule is O=c1[nH]nc2c3c(cccc13)N=CC(c1ccc(CN3CCC3)cc1)C2c1ncnn1CCO. The lowest BCUT2D eigenvalue weighted by Gasteiger charge is -2.30. The topological polar surface area (TPSA) is 112 Å². The average Bonchev–Trinajstić information content (AvgIpc) is 3.21. The van der Waals surface area contributed by atoms with Gasteiger partial charge in [0.25, 0.3) is 5.56 Å². The number of hydrogen-bond donors (Lipinski definition) is 2. The summed E-state index contributed by atoms with van der Waals surface area (Å²) in [6.07, 6.45) is 4.69. The maximum absolute atomic E-state index is 12.6. The third-order valence-corrected chi connectivity index (χ3v) is 6.80. The second kappa shape index (κ2) is 8.58. The van der Waals surface area contributed by atoms with Gasteiger partial charge < -0.3 is 5.11 Å². The summed E-state index contributed by atoms with van der Waals surface area (Å²) in [6.45, 7) is 3.54. The van der Waals surface area contributed by atoms with Gasteiger partial charge in [-0.25, -0.2) is 14.8 Å². The lowest BCUT2D eigenvalue weighted by molar-refractivity contribution is 0.172. The van der Waals surface area contributed by atoms with Gasteiger partial charge in [-0.15, -0.1) is 0 Å². The first kappa shape index (κ1) is 20.9. The highest BCUT2D eigenvalue weighted by atomic mass is 16.3. The first-order chi connectivity index (χ1) is 16.7. The van der Waals surface area contributed by atoms with Crippen molar-refractivity contribution in [1.29, 1.82) is 0 Å². The highest BCUT2D eigenvalue weighted by Crippen LogP contribution is 2.43. The normalized spacial score (nSPS) is 19.8. The maximum atomic E-state index is 12.6. The molecule has 0 radical (unpaired) electrons. The minimum atomic E-state index is -0.345. The summed E-state index contributed by atoms with van der Waals surface area (Å²) in [5.74, 6) is 0.142. The van der Waals surface area contributed by atoms with E-state index in [1.807, 2.05) is 18.3 Å². The Morgan fingerprint density at radius 2 is 1.97 bits per heavy atom. The predicted octanol–water partition coefficient (Wildman–Crippen LogP) is 2.34. The third-order valence-electron chi connectivity index (χ3n) is 6.80. The van der Waals surface area contributed by atoms with Crippen molar-refractivity contribution in [2.45, 2.75) is 31.3 Å². The minimum Gasteiger partial charge on any atom is -0.394 e. The Labute approximate surface area is 195 Å². The van der Waals surface area contributed by atoms with E-state index >= 15 is 0 Å². The van der Waals surface area contributed by atoms with E-state index in [1.165, 1.54) is 18.3 Å². The summed E-state index contributed by atoms with van der Waals surface area (Å²) in [5, 5.41) is 22.4. The molecule has 0 amide bonds. The standard InChI is InChI=1S/C25H25N7O2/c33-12-11-32-24(27-15-28-32)22-19(17-7-5-16(6-8-17)14-31-9-2-10-31)13-26-20-4-1-3-18-21(20)23(22)29-30-25(18)34/h1,3-8,13,15,19,22,33H,2,9-12,14H2,(H,30,34). The van der Waals surface area contributed by atoms with Crippen LogP contribution in [-0.2, 0) is 13.1 Å². The quantitative estimate of drug-likeness (QED) is 0.462. The Balaban J connectivity index is 1.51. The van der Waals surface area contributed by atoms with Gasteiger partial charge in [-0.1, -0.05) is 30.3 Å². The predicted molar refractivity (Wildman–Crippen MR) is 129 cm³/mol. The number of nitrogens with one attached hydrogen (secondary N) is 1. The summed E-state index contributed by atoms with van der Waals surface area (Å²) in [7, 11) is 0. The van der Waals surface area contributed by atoms with Gasteiger partial charge in [0.1, 0.15) is 12.2 Å². The van der Waals surface area contributed by atoms with Crippen LogP contribution in [0.25, 0.3) is 10.8 Å². The van der Waals surface area contributed by atoms with E-state index in [-0.39, 0.29) is 24.0 Å². The molecule has 4 heterocycles. The van der Waals surface area contributed by atoms with Crippen LogP contribution in [-0.4, -0.2) is 60.9 Å². The molecule has 172 valence electrons. The highest BCUT2D eigenvalue weighted by molar-refractivity contribution is 5.97. The van der Waals surface area contributed by atoms with Gasteiger partial charge in [-0.3, -0.25) is 14.7 Å². The van der Waals surface area contributed by atoms with Gasteiger partial charge in [-0.2, -0.15) is 10.2 Å². The smallest absolute Gasteiger partial charge is 0.272 e. The second-order valence-electron chi connectivity index (χ2n) is 8.86. The molecule has 2 unspecified atom stereocenters. The van der Waals surface area contributed by atoms with Crippen LogP contribution < -0.4 is 5.56 Å². The number of rotatable bonds is 6. The monoisotopic (exact) mass is 455 g/mol. The fraction of sp³-hybridized carbons (Fsp3) is 0.320. The molecule has 0 aliphatic carbocycles. The fourth-order valence-electron chi connectivity index (χ4n) is 4.96. The van der Waals surface area contributed by atoms with Crippen LogP contribution in [0, 0.1) is 0 Å². The summed E-state index contributed by atoms with van der Waals surface area (Å²) in [6, 6.07) is 14.2. The number of aliphatic hydroxyl groups excluding tert-OH is 1. The van der Waals surface area contributed by atoms with Crippen LogP contribution in [0.4, 0.5) is 5.69 Å². The van der Waals surface area contributed by atoms with E-state index in [0.29, 0.717) is 29.1 Å². The molecule has 9 nitrogen and oxygen atoms in total. The fourth-order valence-corrected chi connectivity index (χ4v) is 4.96. The van der Waals surface area contributed by atoms with Gasteiger partial charge in [0.2, 0.25) is 0 Å². The van der Waals surface area contributed by atoms with Gasteiger partial charge >= 0.3 is 0 Å². The number of benzene rings is 2. The van der Waals surface area contributed by atoms with Gasteiger partial charge in [-0.05, 0) is 42.8 Å². The van der Waals surface area contributed by atoms with E-state index < -0.39 is 0 Å². The maximum Gasteiger partial charge on any atom is 0.272 e.